The average molecular weight is 228 g/mol. The number of urea groups is 1. The molecule has 0 aliphatic carbocycles. The highest BCUT2D eigenvalue weighted by molar-refractivity contribution is 5.82. The number of carbonyl (C=O) groups excluding carboxylic acids is 1. The number of aliphatic hydroxyl groups is 1. The van der Waals surface area contributed by atoms with Gasteiger partial charge in [0, 0.05) is 19.5 Å². The molecular weight excluding hydrogens is 212 g/mol. The van der Waals surface area contributed by atoms with Crippen molar-refractivity contribution in [2.75, 3.05) is 19.7 Å². The molecule has 0 saturated heterocycles. The lowest BCUT2D eigenvalue weighted by molar-refractivity contribution is -0.139. The molecule has 6 heteroatoms. The second-order valence-corrected chi connectivity index (χ2v) is 3.05. The van der Waals surface area contributed by atoms with E-state index in [-0.39, 0.29) is 19.6 Å². The Morgan fingerprint density at radius 1 is 1.56 bits per heavy atom. The Bertz CT molecular complexity index is 285. The molecule has 0 aromatic rings. The molecule has 0 aliphatic heterocycles. The summed E-state index contributed by atoms with van der Waals surface area (Å²) in [5, 5.41) is 19.7. The molecule has 0 radical (unpaired) electrons. The highest BCUT2D eigenvalue weighted by Gasteiger charge is 2.21. The second-order valence-electron chi connectivity index (χ2n) is 3.05. The Hall–Kier alpha value is -1.74. The smallest absolute Gasteiger partial charge is 0.327 e. The van der Waals surface area contributed by atoms with Crippen molar-refractivity contribution in [2.24, 2.45) is 0 Å². The number of amides is 2. The molecule has 0 heterocycles. The largest absolute Gasteiger partial charge is 0.480 e. The van der Waals surface area contributed by atoms with E-state index in [2.05, 4.69) is 11.2 Å². The number of hydrogen-bond acceptors (Lipinski definition) is 3. The quantitative estimate of drug-likeness (QED) is 0.534. The van der Waals surface area contributed by atoms with Gasteiger partial charge in [-0.05, 0) is 6.92 Å². The monoisotopic (exact) mass is 228 g/mol. The summed E-state index contributed by atoms with van der Waals surface area (Å²) in [5.41, 5.74) is 0. The standard InChI is InChI=1S/C10H16N2O4/c1-3-5-8(9(14)15)11-10(16)12(4-2)6-7-13/h1,8,13H,4-7H2,2H3,(H,11,16)(H,14,15). The van der Waals surface area contributed by atoms with E-state index in [1.807, 2.05) is 0 Å². The van der Waals surface area contributed by atoms with Crippen LogP contribution >= 0.6 is 0 Å². The van der Waals surface area contributed by atoms with E-state index < -0.39 is 18.0 Å². The van der Waals surface area contributed by atoms with Crippen LogP contribution in [0.25, 0.3) is 0 Å². The number of aliphatic hydroxyl groups excluding tert-OH is 1. The summed E-state index contributed by atoms with van der Waals surface area (Å²) in [4.78, 5) is 23.5. The van der Waals surface area contributed by atoms with Crippen molar-refractivity contribution >= 4 is 12.0 Å². The number of carbonyl (C=O) groups is 2. The lowest BCUT2D eigenvalue weighted by atomic mass is 10.2. The van der Waals surface area contributed by atoms with Crippen LogP contribution in [0.5, 0.6) is 0 Å². The van der Waals surface area contributed by atoms with Gasteiger partial charge in [0.15, 0.2) is 0 Å². The van der Waals surface area contributed by atoms with Gasteiger partial charge in [-0.3, -0.25) is 0 Å². The van der Waals surface area contributed by atoms with E-state index in [1.165, 1.54) is 4.90 Å². The Morgan fingerprint density at radius 3 is 2.56 bits per heavy atom. The Morgan fingerprint density at radius 2 is 2.19 bits per heavy atom. The summed E-state index contributed by atoms with van der Waals surface area (Å²) in [5.74, 6) is 1.01. The number of carboxylic acids is 1. The molecule has 2 amide bonds. The third kappa shape index (κ3) is 4.66. The number of rotatable bonds is 6. The topological polar surface area (TPSA) is 89.9 Å². The number of hydrogen-bond donors (Lipinski definition) is 3. The summed E-state index contributed by atoms with van der Waals surface area (Å²) in [6, 6.07) is -1.63. The molecule has 0 rings (SSSR count). The predicted molar refractivity (Wildman–Crippen MR) is 57.7 cm³/mol. The van der Waals surface area contributed by atoms with Crippen molar-refractivity contribution in [1.29, 1.82) is 0 Å². The van der Waals surface area contributed by atoms with Gasteiger partial charge in [0.1, 0.15) is 6.04 Å². The normalized spacial score (nSPS) is 11.3. The van der Waals surface area contributed by atoms with Gasteiger partial charge in [-0.15, -0.1) is 12.3 Å². The molecule has 6 nitrogen and oxygen atoms in total. The van der Waals surface area contributed by atoms with E-state index >= 15 is 0 Å². The number of nitrogens with one attached hydrogen (secondary N) is 1. The van der Waals surface area contributed by atoms with E-state index in [9.17, 15) is 9.59 Å². The first kappa shape index (κ1) is 14.3. The molecule has 0 bridgehead atoms. The molecule has 1 atom stereocenters. The fourth-order valence-electron chi connectivity index (χ4n) is 1.08. The number of nitrogens with zero attached hydrogens (tertiary/aromatic N) is 1. The summed E-state index contributed by atoms with van der Waals surface area (Å²) in [6.45, 7) is 2.10. The number of likely N-dealkylation sites (N-methyl/N-ethyl adjacent to an activating group) is 1. The minimum Gasteiger partial charge on any atom is -0.480 e. The molecule has 90 valence electrons. The van der Waals surface area contributed by atoms with Crippen LogP contribution in [0.15, 0.2) is 0 Å². The van der Waals surface area contributed by atoms with Crippen LogP contribution in [0, 0.1) is 12.3 Å². The van der Waals surface area contributed by atoms with Gasteiger partial charge in [-0.1, -0.05) is 0 Å². The molecule has 0 aliphatic rings. The molecule has 0 saturated carbocycles. The molecule has 16 heavy (non-hydrogen) atoms. The zero-order valence-corrected chi connectivity index (χ0v) is 9.14. The first-order valence-corrected chi connectivity index (χ1v) is 4.89. The molecular formula is C10H16N2O4. The fourth-order valence-corrected chi connectivity index (χ4v) is 1.08. The average Bonchev–Trinajstić information content (AvgIpc) is 2.24. The highest BCUT2D eigenvalue weighted by Crippen LogP contribution is 1.95. The third-order valence-electron chi connectivity index (χ3n) is 1.96. The van der Waals surface area contributed by atoms with Crippen LogP contribution in [-0.4, -0.2) is 52.9 Å². The van der Waals surface area contributed by atoms with Gasteiger partial charge in [0.25, 0.3) is 0 Å². The van der Waals surface area contributed by atoms with Crippen LogP contribution in [0.1, 0.15) is 13.3 Å². The van der Waals surface area contributed by atoms with E-state index in [4.69, 9.17) is 16.6 Å². The second kappa shape index (κ2) is 7.54. The zero-order valence-electron chi connectivity index (χ0n) is 9.14. The molecule has 1 unspecified atom stereocenters. The van der Waals surface area contributed by atoms with Gasteiger partial charge in [0.2, 0.25) is 0 Å². The van der Waals surface area contributed by atoms with Crippen molar-refractivity contribution in [3.8, 4) is 12.3 Å². The molecule has 3 N–H and O–H groups in total. The maximum Gasteiger partial charge on any atom is 0.327 e. The Balaban J connectivity index is 4.38. The van der Waals surface area contributed by atoms with Crippen LogP contribution in [0.3, 0.4) is 0 Å². The van der Waals surface area contributed by atoms with Crippen LogP contribution in [0.2, 0.25) is 0 Å². The number of aliphatic carboxylic acids is 1. The minimum atomic E-state index is -1.17. The van der Waals surface area contributed by atoms with Gasteiger partial charge < -0.3 is 20.4 Å². The van der Waals surface area contributed by atoms with Crippen molar-refractivity contribution < 1.29 is 19.8 Å². The van der Waals surface area contributed by atoms with Gasteiger partial charge in [-0.25, -0.2) is 9.59 Å². The first-order chi connectivity index (χ1) is 7.56. The zero-order chi connectivity index (χ0) is 12.6. The summed E-state index contributed by atoms with van der Waals surface area (Å²) in [7, 11) is 0. The Kier molecular flexibility index (Phi) is 6.72. The summed E-state index contributed by atoms with van der Waals surface area (Å²) < 4.78 is 0. The molecule has 0 spiro atoms. The third-order valence-corrected chi connectivity index (χ3v) is 1.96. The fraction of sp³-hybridized carbons (Fsp3) is 0.600. The van der Waals surface area contributed by atoms with Crippen LogP contribution < -0.4 is 5.32 Å². The number of carboxylic acid groups (broad SMARTS) is 1. The first-order valence-electron chi connectivity index (χ1n) is 4.89. The van der Waals surface area contributed by atoms with Gasteiger partial charge in [-0.2, -0.15) is 0 Å². The van der Waals surface area contributed by atoms with Crippen molar-refractivity contribution in [2.45, 2.75) is 19.4 Å². The maximum absolute atomic E-state index is 11.5. The van der Waals surface area contributed by atoms with Crippen molar-refractivity contribution in [3.63, 3.8) is 0 Å². The molecule has 0 aromatic carbocycles. The lowest BCUT2D eigenvalue weighted by Crippen LogP contribution is -2.48. The minimum absolute atomic E-state index is 0.0717. The van der Waals surface area contributed by atoms with Crippen LogP contribution in [0.4, 0.5) is 4.79 Å². The summed E-state index contributed by atoms with van der Waals surface area (Å²) >= 11 is 0. The summed E-state index contributed by atoms with van der Waals surface area (Å²) in [6.07, 6.45) is 4.92. The highest BCUT2D eigenvalue weighted by atomic mass is 16.4. The predicted octanol–water partition coefficient (Wildman–Crippen LogP) is -0.513. The van der Waals surface area contributed by atoms with Crippen molar-refractivity contribution in [3.05, 3.63) is 0 Å². The van der Waals surface area contributed by atoms with E-state index in [0.29, 0.717) is 6.54 Å². The van der Waals surface area contributed by atoms with E-state index in [0.717, 1.165) is 0 Å². The molecule has 0 fully saturated rings. The maximum atomic E-state index is 11.5. The number of terminal acetylenes is 1. The van der Waals surface area contributed by atoms with Crippen molar-refractivity contribution in [1.82, 2.24) is 10.2 Å². The van der Waals surface area contributed by atoms with E-state index in [1.54, 1.807) is 6.92 Å². The van der Waals surface area contributed by atoms with Crippen LogP contribution in [-0.2, 0) is 4.79 Å². The lowest BCUT2D eigenvalue weighted by Gasteiger charge is -2.22. The Labute approximate surface area is 94.2 Å². The van der Waals surface area contributed by atoms with Gasteiger partial charge in [0.05, 0.1) is 6.61 Å². The molecule has 0 aromatic heterocycles. The van der Waals surface area contributed by atoms with Gasteiger partial charge >= 0.3 is 12.0 Å². The SMILES string of the molecule is C#CCC(NC(=O)N(CC)CCO)C(=O)O.